The molecule has 0 radical (unpaired) electrons. The average Bonchev–Trinajstić information content (AvgIpc) is 2.44. The first-order valence-corrected chi connectivity index (χ1v) is 7.93. The molecule has 0 amide bonds. The second-order valence-corrected chi connectivity index (χ2v) is 6.86. The fourth-order valence-corrected chi connectivity index (χ4v) is 3.03. The van der Waals surface area contributed by atoms with Gasteiger partial charge in [-0.25, -0.2) is 0 Å². The van der Waals surface area contributed by atoms with Crippen molar-refractivity contribution in [2.75, 3.05) is 32.8 Å². The van der Waals surface area contributed by atoms with Gasteiger partial charge < -0.3 is 15.0 Å². The summed E-state index contributed by atoms with van der Waals surface area (Å²) in [5.41, 5.74) is 1.48. The van der Waals surface area contributed by atoms with Gasteiger partial charge in [0.1, 0.15) is 31.7 Å². The van der Waals surface area contributed by atoms with Gasteiger partial charge in [-0.1, -0.05) is 29.3 Å². The number of nitrogens with one attached hydrogen (secondary N) is 1. The second-order valence-electron chi connectivity index (χ2n) is 6.05. The van der Waals surface area contributed by atoms with Crippen LogP contribution in [0.3, 0.4) is 0 Å². The standard InChI is InChI=1S/C15H22Cl2N2O/c1-15(2,19-5-7-20-8-6-19)11-18-10-12-3-4-13(16)14(17)9-12/h3-4,9,18H,5-8,10-11H2,1-2H3/p+2. The van der Waals surface area contributed by atoms with Crippen LogP contribution in [-0.4, -0.2) is 38.4 Å². The number of nitrogens with two attached hydrogens (primary N) is 1. The molecule has 2 rings (SSSR count). The Morgan fingerprint density at radius 3 is 2.55 bits per heavy atom. The van der Waals surface area contributed by atoms with Crippen LogP contribution in [0.4, 0.5) is 0 Å². The Labute approximate surface area is 131 Å². The monoisotopic (exact) mass is 318 g/mol. The van der Waals surface area contributed by atoms with Crippen LogP contribution in [0.5, 0.6) is 0 Å². The van der Waals surface area contributed by atoms with Crippen molar-refractivity contribution in [1.82, 2.24) is 0 Å². The summed E-state index contributed by atoms with van der Waals surface area (Å²) in [4.78, 5) is 1.63. The molecule has 1 aliphatic rings. The number of morpholine rings is 1. The highest BCUT2D eigenvalue weighted by atomic mass is 35.5. The lowest BCUT2D eigenvalue weighted by Crippen LogP contribution is -3.23. The molecule has 1 heterocycles. The summed E-state index contributed by atoms with van der Waals surface area (Å²) in [6, 6.07) is 5.86. The zero-order valence-electron chi connectivity index (χ0n) is 12.2. The SMILES string of the molecule is CC(C)(C[NH2+]Cc1ccc(Cl)c(Cl)c1)[NH+]1CCOCC1. The molecular formula is C15H24Cl2N2O+2. The van der Waals surface area contributed by atoms with Crippen molar-refractivity contribution in [3.05, 3.63) is 33.8 Å². The van der Waals surface area contributed by atoms with E-state index in [2.05, 4.69) is 19.2 Å². The van der Waals surface area contributed by atoms with Gasteiger partial charge in [0.05, 0.1) is 23.3 Å². The lowest BCUT2D eigenvalue weighted by Gasteiger charge is -2.36. The van der Waals surface area contributed by atoms with E-state index in [1.807, 2.05) is 18.2 Å². The summed E-state index contributed by atoms with van der Waals surface area (Å²) in [6.07, 6.45) is 0. The second kappa shape index (κ2) is 7.10. The van der Waals surface area contributed by atoms with Crippen molar-refractivity contribution < 1.29 is 15.0 Å². The van der Waals surface area contributed by atoms with Gasteiger partial charge in [0, 0.05) is 5.56 Å². The molecule has 0 atom stereocenters. The van der Waals surface area contributed by atoms with E-state index in [1.54, 1.807) is 4.90 Å². The van der Waals surface area contributed by atoms with Crippen molar-refractivity contribution in [2.24, 2.45) is 0 Å². The van der Waals surface area contributed by atoms with Crippen LogP contribution >= 0.6 is 23.2 Å². The summed E-state index contributed by atoms with van der Waals surface area (Å²) < 4.78 is 5.43. The largest absolute Gasteiger partial charge is 0.370 e. The van der Waals surface area contributed by atoms with E-state index >= 15 is 0 Å². The molecule has 0 spiro atoms. The molecule has 0 aliphatic carbocycles. The number of rotatable bonds is 5. The molecule has 0 saturated carbocycles. The topological polar surface area (TPSA) is 30.3 Å². The zero-order valence-corrected chi connectivity index (χ0v) is 13.7. The molecule has 1 aromatic rings. The lowest BCUT2D eigenvalue weighted by molar-refractivity contribution is -0.969. The molecule has 1 saturated heterocycles. The summed E-state index contributed by atoms with van der Waals surface area (Å²) in [7, 11) is 0. The van der Waals surface area contributed by atoms with Gasteiger partial charge in [0.25, 0.3) is 0 Å². The third kappa shape index (κ3) is 4.34. The van der Waals surface area contributed by atoms with Crippen LogP contribution < -0.4 is 10.2 Å². The Morgan fingerprint density at radius 1 is 1.20 bits per heavy atom. The number of hydrogen-bond acceptors (Lipinski definition) is 1. The van der Waals surface area contributed by atoms with Crippen LogP contribution in [0, 0.1) is 0 Å². The van der Waals surface area contributed by atoms with Crippen LogP contribution in [0.25, 0.3) is 0 Å². The van der Waals surface area contributed by atoms with Gasteiger partial charge in [-0.3, -0.25) is 0 Å². The van der Waals surface area contributed by atoms with E-state index in [0.29, 0.717) is 10.0 Å². The molecule has 0 aromatic heterocycles. The van der Waals surface area contributed by atoms with E-state index in [9.17, 15) is 0 Å². The van der Waals surface area contributed by atoms with E-state index in [0.717, 1.165) is 39.4 Å². The molecule has 1 fully saturated rings. The van der Waals surface area contributed by atoms with E-state index in [-0.39, 0.29) is 5.54 Å². The van der Waals surface area contributed by atoms with Crippen LogP contribution in [-0.2, 0) is 11.3 Å². The number of quaternary nitrogens is 2. The minimum atomic E-state index is 0.264. The highest BCUT2D eigenvalue weighted by molar-refractivity contribution is 6.41. The minimum Gasteiger partial charge on any atom is -0.370 e. The predicted octanol–water partition coefficient (Wildman–Crippen LogP) is 0.751. The quantitative estimate of drug-likeness (QED) is 0.824. The van der Waals surface area contributed by atoms with Crippen molar-refractivity contribution >= 4 is 23.2 Å². The third-order valence-electron chi connectivity index (χ3n) is 4.07. The molecule has 112 valence electrons. The molecule has 5 heteroatoms. The fourth-order valence-electron chi connectivity index (χ4n) is 2.71. The fraction of sp³-hybridized carbons (Fsp3) is 0.600. The normalized spacial score (nSPS) is 17.4. The van der Waals surface area contributed by atoms with Crippen molar-refractivity contribution in [2.45, 2.75) is 25.9 Å². The number of halogens is 2. The molecule has 1 aliphatic heterocycles. The van der Waals surface area contributed by atoms with Gasteiger partial charge in [0.15, 0.2) is 0 Å². The summed E-state index contributed by atoms with van der Waals surface area (Å²) in [6.45, 7) is 10.7. The Bertz CT molecular complexity index is 445. The van der Waals surface area contributed by atoms with E-state index < -0.39 is 0 Å². The van der Waals surface area contributed by atoms with Gasteiger partial charge in [0.2, 0.25) is 0 Å². The smallest absolute Gasteiger partial charge is 0.141 e. The third-order valence-corrected chi connectivity index (χ3v) is 4.81. The van der Waals surface area contributed by atoms with Gasteiger partial charge in [-0.2, -0.15) is 0 Å². The van der Waals surface area contributed by atoms with Crippen molar-refractivity contribution in [3.63, 3.8) is 0 Å². The highest BCUT2D eigenvalue weighted by Crippen LogP contribution is 2.22. The van der Waals surface area contributed by atoms with Gasteiger partial charge in [-0.15, -0.1) is 0 Å². The number of benzene rings is 1. The molecule has 0 unspecified atom stereocenters. The Hall–Kier alpha value is -0.320. The number of ether oxygens (including phenoxy) is 1. The average molecular weight is 319 g/mol. The maximum Gasteiger partial charge on any atom is 0.141 e. The Morgan fingerprint density at radius 2 is 1.90 bits per heavy atom. The van der Waals surface area contributed by atoms with Gasteiger partial charge >= 0.3 is 0 Å². The molecule has 1 aromatic carbocycles. The van der Waals surface area contributed by atoms with Crippen molar-refractivity contribution in [3.8, 4) is 0 Å². The summed E-state index contributed by atoms with van der Waals surface area (Å²) >= 11 is 12.0. The first-order chi connectivity index (χ1) is 9.49. The maximum absolute atomic E-state index is 6.04. The zero-order chi connectivity index (χ0) is 14.6. The molecule has 20 heavy (non-hydrogen) atoms. The lowest BCUT2D eigenvalue weighted by atomic mass is 10.0. The Balaban J connectivity index is 1.83. The summed E-state index contributed by atoms with van der Waals surface area (Å²) in [5.74, 6) is 0. The highest BCUT2D eigenvalue weighted by Gasteiger charge is 2.33. The molecular weight excluding hydrogens is 295 g/mol. The molecule has 3 N–H and O–H groups in total. The predicted molar refractivity (Wildman–Crippen MR) is 82.6 cm³/mol. The van der Waals surface area contributed by atoms with Crippen LogP contribution in [0.15, 0.2) is 18.2 Å². The van der Waals surface area contributed by atoms with Gasteiger partial charge in [-0.05, 0) is 26.0 Å². The molecule has 0 bridgehead atoms. The van der Waals surface area contributed by atoms with E-state index in [4.69, 9.17) is 27.9 Å². The first-order valence-electron chi connectivity index (χ1n) is 7.17. The first kappa shape index (κ1) is 16.1. The van der Waals surface area contributed by atoms with Crippen molar-refractivity contribution in [1.29, 1.82) is 0 Å². The minimum absolute atomic E-state index is 0.264. The van der Waals surface area contributed by atoms with Crippen LogP contribution in [0.2, 0.25) is 10.0 Å². The van der Waals surface area contributed by atoms with Crippen LogP contribution in [0.1, 0.15) is 19.4 Å². The summed E-state index contributed by atoms with van der Waals surface area (Å²) in [5, 5.41) is 3.60. The molecule has 3 nitrogen and oxygen atoms in total. The Kier molecular flexibility index (Phi) is 5.70. The number of hydrogen-bond donors (Lipinski definition) is 2. The maximum atomic E-state index is 6.04. The van der Waals surface area contributed by atoms with E-state index in [1.165, 1.54) is 5.56 Å².